The van der Waals surface area contributed by atoms with Crippen molar-refractivity contribution in [3.05, 3.63) is 59.7 Å². The molecule has 3 aliphatic rings. The van der Waals surface area contributed by atoms with Crippen molar-refractivity contribution in [2.45, 2.75) is 56.3 Å². The minimum Gasteiger partial charge on any atom is -0.481 e. The number of hydrogen-bond acceptors (Lipinski definition) is 5. The zero-order valence-electron chi connectivity index (χ0n) is 19.4. The van der Waals surface area contributed by atoms with Gasteiger partial charge in [-0.2, -0.15) is 0 Å². The van der Waals surface area contributed by atoms with E-state index in [0.29, 0.717) is 25.7 Å². The predicted octanol–water partition coefficient (Wildman–Crippen LogP) is 3.44. The number of fused-ring (bicyclic) bond motifs is 3. The van der Waals surface area contributed by atoms with E-state index in [0.717, 1.165) is 17.5 Å². The highest BCUT2D eigenvalue weighted by Gasteiger charge is 2.37. The third-order valence-electron chi connectivity index (χ3n) is 7.38. The van der Waals surface area contributed by atoms with Crippen LogP contribution in [0.3, 0.4) is 0 Å². The Labute approximate surface area is 204 Å². The van der Waals surface area contributed by atoms with Crippen molar-refractivity contribution in [2.24, 2.45) is 5.92 Å². The van der Waals surface area contributed by atoms with Crippen molar-refractivity contribution < 1.29 is 29.0 Å². The van der Waals surface area contributed by atoms with Gasteiger partial charge in [0.15, 0.2) is 0 Å². The van der Waals surface area contributed by atoms with Crippen LogP contribution in [0.15, 0.2) is 48.5 Å². The first-order valence-electron chi connectivity index (χ1n) is 12.3. The molecule has 0 spiro atoms. The SMILES string of the molecule is O=C(NCC1CCC(C(=O)N[C@H]2CCC[C@H]2C(=O)O)O1)OCC1c2ccccc2-c2ccccc21. The van der Waals surface area contributed by atoms with Gasteiger partial charge in [-0.3, -0.25) is 9.59 Å². The summed E-state index contributed by atoms with van der Waals surface area (Å²) < 4.78 is 11.4. The summed E-state index contributed by atoms with van der Waals surface area (Å²) in [5, 5.41) is 14.9. The van der Waals surface area contributed by atoms with E-state index in [-0.39, 0.29) is 37.1 Å². The van der Waals surface area contributed by atoms with E-state index in [9.17, 15) is 19.5 Å². The largest absolute Gasteiger partial charge is 0.481 e. The highest BCUT2D eigenvalue weighted by Crippen LogP contribution is 2.44. The Balaban J connectivity index is 1.08. The second-order valence-electron chi connectivity index (χ2n) is 9.52. The lowest BCUT2D eigenvalue weighted by Crippen LogP contribution is -2.45. The number of carboxylic acid groups (broad SMARTS) is 1. The number of nitrogens with one attached hydrogen (secondary N) is 2. The van der Waals surface area contributed by atoms with Crippen LogP contribution < -0.4 is 10.6 Å². The molecule has 2 aromatic carbocycles. The van der Waals surface area contributed by atoms with Gasteiger partial charge in [-0.05, 0) is 47.9 Å². The Morgan fingerprint density at radius 2 is 1.63 bits per heavy atom. The van der Waals surface area contributed by atoms with Gasteiger partial charge in [-0.15, -0.1) is 0 Å². The highest BCUT2D eigenvalue weighted by atomic mass is 16.5. The minimum absolute atomic E-state index is 0.00540. The van der Waals surface area contributed by atoms with Gasteiger partial charge in [-0.25, -0.2) is 4.79 Å². The Morgan fingerprint density at radius 3 is 2.31 bits per heavy atom. The van der Waals surface area contributed by atoms with Gasteiger partial charge in [0, 0.05) is 18.5 Å². The first-order chi connectivity index (χ1) is 17.0. The fourth-order valence-electron chi connectivity index (χ4n) is 5.60. The van der Waals surface area contributed by atoms with E-state index in [1.165, 1.54) is 11.1 Å². The van der Waals surface area contributed by atoms with E-state index < -0.39 is 24.1 Å². The fraction of sp³-hybridized carbons (Fsp3) is 0.444. The molecule has 3 N–H and O–H groups in total. The average Bonchev–Trinajstić information content (AvgIpc) is 3.59. The maximum Gasteiger partial charge on any atom is 0.407 e. The molecule has 2 aromatic rings. The molecule has 1 heterocycles. The van der Waals surface area contributed by atoms with Gasteiger partial charge < -0.3 is 25.2 Å². The Kier molecular flexibility index (Phi) is 6.72. The number of alkyl carbamates (subject to hydrolysis) is 1. The lowest BCUT2D eigenvalue weighted by molar-refractivity contribution is -0.143. The van der Waals surface area contributed by atoms with Crippen LogP contribution in [0.5, 0.6) is 0 Å². The van der Waals surface area contributed by atoms with Gasteiger partial charge >= 0.3 is 12.1 Å². The van der Waals surface area contributed by atoms with Crippen LogP contribution in [0.2, 0.25) is 0 Å². The number of carboxylic acids is 1. The van der Waals surface area contributed by atoms with Crippen LogP contribution in [-0.2, 0) is 19.1 Å². The smallest absolute Gasteiger partial charge is 0.407 e. The summed E-state index contributed by atoms with van der Waals surface area (Å²) in [4.78, 5) is 36.3. The van der Waals surface area contributed by atoms with Crippen molar-refractivity contribution >= 4 is 18.0 Å². The van der Waals surface area contributed by atoms with E-state index in [2.05, 4.69) is 34.9 Å². The van der Waals surface area contributed by atoms with Gasteiger partial charge in [0.05, 0.1) is 12.0 Å². The number of ether oxygens (including phenoxy) is 2. The Morgan fingerprint density at radius 1 is 0.943 bits per heavy atom. The Hall–Kier alpha value is -3.39. The van der Waals surface area contributed by atoms with Crippen LogP contribution >= 0.6 is 0 Å². The van der Waals surface area contributed by atoms with Crippen molar-refractivity contribution in [3.63, 3.8) is 0 Å². The number of hydrogen-bond donors (Lipinski definition) is 3. The second-order valence-corrected chi connectivity index (χ2v) is 9.52. The summed E-state index contributed by atoms with van der Waals surface area (Å²) in [6.07, 6.45) is 1.78. The van der Waals surface area contributed by atoms with E-state index in [1.54, 1.807) is 0 Å². The molecule has 0 bridgehead atoms. The van der Waals surface area contributed by atoms with Crippen molar-refractivity contribution in [2.75, 3.05) is 13.2 Å². The number of amides is 2. The lowest BCUT2D eigenvalue weighted by Gasteiger charge is -2.20. The minimum atomic E-state index is -0.870. The van der Waals surface area contributed by atoms with Gasteiger partial charge in [0.1, 0.15) is 12.7 Å². The van der Waals surface area contributed by atoms with E-state index in [4.69, 9.17) is 9.47 Å². The molecule has 2 fully saturated rings. The predicted molar refractivity (Wildman–Crippen MR) is 128 cm³/mol. The molecule has 2 aliphatic carbocycles. The number of carbonyl (C=O) groups is 3. The van der Waals surface area contributed by atoms with E-state index >= 15 is 0 Å². The molecule has 4 atom stereocenters. The normalized spacial score (nSPS) is 25.0. The number of benzene rings is 2. The maximum absolute atomic E-state index is 12.6. The number of carbonyl (C=O) groups excluding carboxylic acids is 2. The lowest BCUT2D eigenvalue weighted by atomic mass is 9.98. The molecule has 8 heteroatoms. The van der Waals surface area contributed by atoms with Crippen LogP contribution in [0.4, 0.5) is 4.79 Å². The third kappa shape index (κ3) is 4.89. The van der Waals surface area contributed by atoms with E-state index in [1.807, 2.05) is 24.3 Å². The van der Waals surface area contributed by atoms with Crippen LogP contribution in [-0.4, -0.2) is 54.5 Å². The molecule has 35 heavy (non-hydrogen) atoms. The molecular weight excluding hydrogens is 448 g/mol. The molecular formula is C27H30N2O6. The first-order valence-corrected chi connectivity index (χ1v) is 12.3. The first kappa shape index (κ1) is 23.4. The molecule has 1 saturated heterocycles. The molecule has 2 amide bonds. The van der Waals surface area contributed by atoms with Gasteiger partial charge in [-0.1, -0.05) is 55.0 Å². The van der Waals surface area contributed by atoms with Gasteiger partial charge in [0.2, 0.25) is 5.91 Å². The average molecular weight is 479 g/mol. The molecule has 2 unspecified atom stereocenters. The Bertz CT molecular complexity index is 1070. The summed E-state index contributed by atoms with van der Waals surface area (Å²) >= 11 is 0. The molecule has 8 nitrogen and oxygen atoms in total. The summed E-state index contributed by atoms with van der Waals surface area (Å²) in [6.45, 7) is 0.490. The monoisotopic (exact) mass is 478 g/mol. The van der Waals surface area contributed by atoms with Crippen LogP contribution in [0.1, 0.15) is 49.1 Å². The molecule has 0 aromatic heterocycles. The van der Waals surface area contributed by atoms with Crippen LogP contribution in [0, 0.1) is 5.92 Å². The van der Waals surface area contributed by atoms with Crippen LogP contribution in [0.25, 0.3) is 11.1 Å². The number of rotatable bonds is 7. The third-order valence-corrected chi connectivity index (χ3v) is 7.38. The molecule has 5 rings (SSSR count). The quantitative estimate of drug-likeness (QED) is 0.562. The number of aliphatic carboxylic acids is 1. The molecule has 0 radical (unpaired) electrons. The van der Waals surface area contributed by atoms with Crippen molar-refractivity contribution in [1.82, 2.24) is 10.6 Å². The molecule has 184 valence electrons. The fourth-order valence-corrected chi connectivity index (χ4v) is 5.60. The summed E-state index contributed by atoms with van der Waals surface area (Å²) in [6, 6.07) is 16.0. The van der Waals surface area contributed by atoms with Crippen molar-refractivity contribution in [3.8, 4) is 11.1 Å². The zero-order chi connectivity index (χ0) is 24.4. The van der Waals surface area contributed by atoms with Crippen molar-refractivity contribution in [1.29, 1.82) is 0 Å². The topological polar surface area (TPSA) is 114 Å². The standard InChI is InChI=1S/C27H30N2O6/c30-25(29-23-11-5-10-21(23)26(31)32)24-13-12-16(35-24)14-28-27(33)34-15-22-19-8-3-1-6-17(19)18-7-2-4-9-20(18)22/h1-4,6-9,16,21-24H,5,10-15H2,(H,28,33)(H,29,30)(H,31,32)/t16?,21-,23+,24?/m1/s1. The molecule has 1 saturated carbocycles. The summed E-state index contributed by atoms with van der Waals surface area (Å²) in [5.74, 6) is -1.68. The second kappa shape index (κ2) is 10.1. The molecule has 1 aliphatic heterocycles. The highest BCUT2D eigenvalue weighted by molar-refractivity contribution is 5.82. The van der Waals surface area contributed by atoms with Gasteiger partial charge in [0.25, 0.3) is 0 Å². The maximum atomic E-state index is 12.6. The summed E-state index contributed by atoms with van der Waals surface area (Å²) in [7, 11) is 0. The zero-order valence-corrected chi connectivity index (χ0v) is 19.4. The summed E-state index contributed by atoms with van der Waals surface area (Å²) in [5.41, 5.74) is 4.66.